The molecule has 1 fully saturated rings. The molecule has 1 aliphatic carbocycles. The number of aryl methyl sites for hydroxylation is 1. The molecule has 0 aromatic heterocycles. The van der Waals surface area contributed by atoms with E-state index in [4.69, 9.17) is 5.73 Å². The lowest BCUT2D eigenvalue weighted by molar-refractivity contribution is 0.630. The van der Waals surface area contributed by atoms with E-state index in [1.807, 2.05) is 13.0 Å². The van der Waals surface area contributed by atoms with E-state index in [1.54, 1.807) is 0 Å². The molecule has 2 nitrogen and oxygen atoms in total. The summed E-state index contributed by atoms with van der Waals surface area (Å²) in [6, 6.07) is 6.76. The van der Waals surface area contributed by atoms with Gasteiger partial charge in [-0.3, -0.25) is 0 Å². The van der Waals surface area contributed by atoms with Gasteiger partial charge in [0.2, 0.25) is 0 Å². The number of nitrogens with two attached hydrogens (primary N) is 1. The van der Waals surface area contributed by atoms with Crippen molar-refractivity contribution in [1.82, 2.24) is 0 Å². The summed E-state index contributed by atoms with van der Waals surface area (Å²) in [6.07, 6.45) is 1.26. The average Bonchev–Trinajstić information content (AvgIpc) is 2.67. The third-order valence-electron chi connectivity index (χ3n) is 3.12. The number of hydrogen-bond acceptors (Lipinski definition) is 2. The van der Waals surface area contributed by atoms with Gasteiger partial charge in [0.05, 0.1) is 0 Å². The van der Waals surface area contributed by atoms with E-state index in [9.17, 15) is 0 Å². The summed E-state index contributed by atoms with van der Waals surface area (Å²) in [5.41, 5.74) is 9.43. The SMILES string of the molecule is Cc1cc(NC2CC2(C)C)ccc1N. The molecule has 1 aliphatic rings. The average molecular weight is 190 g/mol. The van der Waals surface area contributed by atoms with E-state index in [2.05, 4.69) is 31.3 Å². The van der Waals surface area contributed by atoms with Gasteiger partial charge in [0, 0.05) is 17.4 Å². The van der Waals surface area contributed by atoms with Crippen molar-refractivity contribution in [3.05, 3.63) is 23.8 Å². The minimum Gasteiger partial charge on any atom is -0.399 e. The van der Waals surface area contributed by atoms with Gasteiger partial charge in [-0.05, 0) is 42.5 Å². The number of rotatable bonds is 2. The van der Waals surface area contributed by atoms with E-state index < -0.39 is 0 Å². The molecule has 2 rings (SSSR count). The highest BCUT2D eigenvalue weighted by Gasteiger charge is 2.45. The molecule has 1 atom stereocenters. The van der Waals surface area contributed by atoms with Crippen LogP contribution in [0.4, 0.5) is 11.4 Å². The van der Waals surface area contributed by atoms with Crippen LogP contribution in [0.2, 0.25) is 0 Å². The molecule has 0 aliphatic heterocycles. The molecule has 2 heteroatoms. The van der Waals surface area contributed by atoms with Crippen LogP contribution in [0.3, 0.4) is 0 Å². The van der Waals surface area contributed by atoms with Gasteiger partial charge in [-0.2, -0.15) is 0 Å². The molecule has 1 unspecified atom stereocenters. The third kappa shape index (κ3) is 1.69. The molecule has 0 saturated heterocycles. The summed E-state index contributed by atoms with van der Waals surface area (Å²) in [5.74, 6) is 0. The Bertz CT molecular complexity index is 355. The summed E-state index contributed by atoms with van der Waals surface area (Å²) < 4.78 is 0. The standard InChI is InChI=1S/C12H18N2/c1-8-6-9(4-5-10(8)13)14-11-7-12(11,2)3/h4-6,11,14H,7,13H2,1-3H3. The van der Waals surface area contributed by atoms with E-state index in [-0.39, 0.29) is 0 Å². The van der Waals surface area contributed by atoms with Crippen LogP contribution < -0.4 is 11.1 Å². The van der Waals surface area contributed by atoms with E-state index in [0.29, 0.717) is 11.5 Å². The molecule has 1 aromatic carbocycles. The van der Waals surface area contributed by atoms with Crippen LogP contribution in [0, 0.1) is 12.3 Å². The zero-order valence-electron chi connectivity index (χ0n) is 9.09. The van der Waals surface area contributed by atoms with Gasteiger partial charge in [0.1, 0.15) is 0 Å². The largest absolute Gasteiger partial charge is 0.399 e. The van der Waals surface area contributed by atoms with Crippen LogP contribution in [0.25, 0.3) is 0 Å². The molecular formula is C12H18N2. The molecule has 0 amide bonds. The van der Waals surface area contributed by atoms with Gasteiger partial charge in [-0.25, -0.2) is 0 Å². The number of benzene rings is 1. The zero-order valence-corrected chi connectivity index (χ0v) is 9.09. The number of anilines is 2. The quantitative estimate of drug-likeness (QED) is 0.704. The summed E-state index contributed by atoms with van der Waals surface area (Å²) in [5, 5.41) is 3.52. The Kier molecular flexibility index (Phi) is 1.95. The van der Waals surface area contributed by atoms with Gasteiger partial charge in [0.25, 0.3) is 0 Å². The second kappa shape index (κ2) is 2.91. The Morgan fingerprint density at radius 2 is 2.07 bits per heavy atom. The first-order valence-electron chi connectivity index (χ1n) is 5.12. The summed E-state index contributed by atoms with van der Waals surface area (Å²) in [7, 11) is 0. The van der Waals surface area contributed by atoms with Gasteiger partial charge < -0.3 is 11.1 Å². The summed E-state index contributed by atoms with van der Waals surface area (Å²) in [4.78, 5) is 0. The number of nitrogen functional groups attached to an aromatic ring is 1. The van der Waals surface area contributed by atoms with E-state index >= 15 is 0 Å². The van der Waals surface area contributed by atoms with Gasteiger partial charge in [-0.1, -0.05) is 13.8 Å². The molecule has 0 heterocycles. The summed E-state index contributed by atoms with van der Waals surface area (Å²) in [6.45, 7) is 6.61. The predicted molar refractivity (Wildman–Crippen MR) is 61.4 cm³/mol. The number of hydrogen-bond donors (Lipinski definition) is 2. The van der Waals surface area contributed by atoms with Crippen molar-refractivity contribution in [2.75, 3.05) is 11.1 Å². The maximum Gasteiger partial charge on any atom is 0.0346 e. The van der Waals surface area contributed by atoms with E-state index in [0.717, 1.165) is 11.3 Å². The van der Waals surface area contributed by atoms with Crippen molar-refractivity contribution in [3.8, 4) is 0 Å². The number of nitrogens with one attached hydrogen (secondary N) is 1. The molecule has 0 spiro atoms. The highest BCUT2D eigenvalue weighted by atomic mass is 15.0. The fraction of sp³-hybridized carbons (Fsp3) is 0.500. The molecule has 1 saturated carbocycles. The molecule has 3 N–H and O–H groups in total. The van der Waals surface area contributed by atoms with Crippen molar-refractivity contribution in [3.63, 3.8) is 0 Å². The van der Waals surface area contributed by atoms with Crippen LogP contribution in [-0.4, -0.2) is 6.04 Å². The van der Waals surface area contributed by atoms with Gasteiger partial charge in [-0.15, -0.1) is 0 Å². The third-order valence-corrected chi connectivity index (χ3v) is 3.12. The highest BCUT2D eigenvalue weighted by molar-refractivity contribution is 5.57. The first-order chi connectivity index (χ1) is 6.49. The monoisotopic (exact) mass is 190 g/mol. The minimum atomic E-state index is 0.468. The molecule has 14 heavy (non-hydrogen) atoms. The maximum atomic E-state index is 5.76. The Balaban J connectivity index is 2.08. The highest BCUT2D eigenvalue weighted by Crippen LogP contribution is 2.46. The topological polar surface area (TPSA) is 38.0 Å². The molecule has 0 radical (unpaired) electrons. The smallest absolute Gasteiger partial charge is 0.0346 e. The second-order valence-electron chi connectivity index (χ2n) is 4.96. The van der Waals surface area contributed by atoms with Crippen molar-refractivity contribution in [2.45, 2.75) is 33.2 Å². The van der Waals surface area contributed by atoms with Crippen molar-refractivity contribution in [1.29, 1.82) is 0 Å². The minimum absolute atomic E-state index is 0.468. The lowest BCUT2D eigenvalue weighted by Crippen LogP contribution is -2.08. The Morgan fingerprint density at radius 1 is 1.43 bits per heavy atom. The molecule has 76 valence electrons. The van der Waals surface area contributed by atoms with Crippen LogP contribution in [0.15, 0.2) is 18.2 Å². The van der Waals surface area contributed by atoms with Crippen molar-refractivity contribution in [2.24, 2.45) is 5.41 Å². The lowest BCUT2D eigenvalue weighted by Gasteiger charge is -2.09. The Labute approximate surface area is 85.5 Å². The second-order valence-corrected chi connectivity index (χ2v) is 4.96. The van der Waals surface area contributed by atoms with Crippen LogP contribution >= 0.6 is 0 Å². The fourth-order valence-corrected chi connectivity index (χ4v) is 1.68. The molecule has 0 bridgehead atoms. The predicted octanol–water partition coefficient (Wildman–Crippen LogP) is 2.79. The first kappa shape index (κ1) is 9.38. The van der Waals surface area contributed by atoms with Crippen LogP contribution in [0.1, 0.15) is 25.8 Å². The van der Waals surface area contributed by atoms with Gasteiger partial charge >= 0.3 is 0 Å². The van der Waals surface area contributed by atoms with Crippen molar-refractivity contribution >= 4 is 11.4 Å². The fourth-order valence-electron chi connectivity index (χ4n) is 1.68. The Hall–Kier alpha value is -1.18. The lowest BCUT2D eigenvalue weighted by atomic mass is 10.1. The molecular weight excluding hydrogens is 172 g/mol. The van der Waals surface area contributed by atoms with Crippen molar-refractivity contribution < 1.29 is 0 Å². The van der Waals surface area contributed by atoms with E-state index in [1.165, 1.54) is 12.1 Å². The van der Waals surface area contributed by atoms with Crippen LogP contribution in [-0.2, 0) is 0 Å². The van der Waals surface area contributed by atoms with Crippen LogP contribution in [0.5, 0.6) is 0 Å². The van der Waals surface area contributed by atoms with Gasteiger partial charge in [0.15, 0.2) is 0 Å². The maximum absolute atomic E-state index is 5.76. The Morgan fingerprint density at radius 3 is 2.57 bits per heavy atom. The normalized spacial score (nSPS) is 23.2. The first-order valence-corrected chi connectivity index (χ1v) is 5.12. The zero-order chi connectivity index (χ0) is 10.3. The summed E-state index contributed by atoms with van der Waals surface area (Å²) >= 11 is 0. The molecule has 1 aromatic rings.